The molecule has 1 aromatic rings. The van der Waals surface area contributed by atoms with E-state index in [-0.39, 0.29) is 30.4 Å². The van der Waals surface area contributed by atoms with Gasteiger partial charge in [-0.2, -0.15) is 21.6 Å². The number of carbonyl (C=O) groups is 2. The number of carbonyl (C=O) groups excluding carboxylic acids is 2. The maximum Gasteiger partial charge on any atom is 0.534 e. The van der Waals surface area contributed by atoms with Crippen LogP contribution in [0.3, 0.4) is 0 Å². The van der Waals surface area contributed by atoms with Crippen LogP contribution in [0.25, 0.3) is 0 Å². The van der Waals surface area contributed by atoms with Crippen molar-refractivity contribution in [3.05, 3.63) is 22.8 Å². The Hall–Kier alpha value is -2.10. The molecule has 0 unspecified atom stereocenters. The molecular formula is C16H17F3O6S. The van der Waals surface area contributed by atoms with E-state index in [9.17, 15) is 31.2 Å². The Morgan fingerprint density at radius 2 is 1.96 bits per heavy atom. The fourth-order valence-corrected chi connectivity index (χ4v) is 3.19. The second kappa shape index (κ2) is 6.57. The van der Waals surface area contributed by atoms with Gasteiger partial charge in [0.1, 0.15) is 16.9 Å². The number of hydrogen-bond acceptors (Lipinski definition) is 6. The number of hydrogen-bond donors (Lipinski definition) is 0. The molecule has 0 atom stereocenters. The number of halogens is 3. The number of aldehydes is 1. The van der Waals surface area contributed by atoms with Crippen LogP contribution < -0.4 is 8.92 Å². The summed E-state index contributed by atoms with van der Waals surface area (Å²) in [5, 5.41) is 0. The SMILES string of the molecule is CCCc1cc2c(c(OS(=O)(=O)C(F)(F)F)c1C=O)C(=O)CC(C)(C)O2. The van der Waals surface area contributed by atoms with Gasteiger partial charge in [0, 0.05) is 0 Å². The number of rotatable bonds is 5. The Kier molecular flexibility index (Phi) is 5.10. The third-order valence-electron chi connectivity index (χ3n) is 3.73. The van der Waals surface area contributed by atoms with Crippen LogP contribution in [0.1, 0.15) is 59.9 Å². The lowest BCUT2D eigenvalue weighted by molar-refractivity contribution is -0.0501. The number of aryl methyl sites for hydroxylation is 1. The summed E-state index contributed by atoms with van der Waals surface area (Å²) in [4.78, 5) is 23.9. The van der Waals surface area contributed by atoms with E-state index in [0.717, 1.165) is 0 Å². The second-order valence-corrected chi connectivity index (χ2v) is 8.00. The predicted molar refractivity (Wildman–Crippen MR) is 85.1 cm³/mol. The first-order valence-electron chi connectivity index (χ1n) is 7.71. The summed E-state index contributed by atoms with van der Waals surface area (Å²) in [6.45, 7) is 4.97. The van der Waals surface area contributed by atoms with Gasteiger partial charge in [0.2, 0.25) is 0 Å². The number of ether oxygens (including phenoxy) is 1. The molecule has 10 heteroatoms. The third kappa shape index (κ3) is 3.69. The summed E-state index contributed by atoms with van der Waals surface area (Å²) in [7, 11) is -6.07. The molecule has 0 bridgehead atoms. The highest BCUT2D eigenvalue weighted by atomic mass is 32.2. The van der Waals surface area contributed by atoms with E-state index in [1.165, 1.54) is 6.07 Å². The van der Waals surface area contributed by atoms with Crippen molar-refractivity contribution in [1.82, 2.24) is 0 Å². The Labute approximate surface area is 148 Å². The molecule has 0 radical (unpaired) electrons. The fourth-order valence-electron chi connectivity index (χ4n) is 2.70. The molecule has 0 amide bonds. The van der Waals surface area contributed by atoms with Crippen LogP contribution in [-0.4, -0.2) is 31.6 Å². The normalized spacial score (nSPS) is 16.6. The number of fused-ring (bicyclic) bond motifs is 1. The summed E-state index contributed by atoms with van der Waals surface area (Å²) in [5.41, 5.74) is -7.29. The van der Waals surface area contributed by atoms with Gasteiger partial charge in [-0.05, 0) is 31.9 Å². The van der Waals surface area contributed by atoms with Crippen LogP contribution in [0, 0.1) is 0 Å². The molecule has 1 aliphatic heterocycles. The van der Waals surface area contributed by atoms with Gasteiger partial charge in [0.05, 0.1) is 12.0 Å². The minimum atomic E-state index is -6.07. The zero-order chi connectivity index (χ0) is 19.9. The van der Waals surface area contributed by atoms with E-state index in [1.807, 2.05) is 0 Å². The number of benzene rings is 1. The van der Waals surface area contributed by atoms with Crippen molar-refractivity contribution in [2.75, 3.05) is 0 Å². The highest BCUT2D eigenvalue weighted by Crippen LogP contribution is 2.43. The average Bonchev–Trinajstić information content (AvgIpc) is 2.44. The van der Waals surface area contributed by atoms with E-state index >= 15 is 0 Å². The van der Waals surface area contributed by atoms with Crippen molar-refractivity contribution in [3.63, 3.8) is 0 Å². The molecule has 0 fully saturated rings. The van der Waals surface area contributed by atoms with Gasteiger partial charge in [-0.15, -0.1) is 0 Å². The highest BCUT2D eigenvalue weighted by Gasteiger charge is 2.50. The molecule has 0 aromatic heterocycles. The van der Waals surface area contributed by atoms with E-state index in [4.69, 9.17) is 4.74 Å². The van der Waals surface area contributed by atoms with Crippen LogP contribution in [0.15, 0.2) is 6.07 Å². The van der Waals surface area contributed by atoms with Gasteiger partial charge < -0.3 is 8.92 Å². The van der Waals surface area contributed by atoms with Crippen LogP contribution in [0.2, 0.25) is 0 Å². The summed E-state index contributed by atoms with van der Waals surface area (Å²) in [6, 6.07) is 1.37. The van der Waals surface area contributed by atoms with Crippen LogP contribution in [-0.2, 0) is 16.5 Å². The van der Waals surface area contributed by atoms with E-state index in [1.54, 1.807) is 20.8 Å². The van der Waals surface area contributed by atoms with Crippen molar-refractivity contribution in [2.24, 2.45) is 0 Å². The molecule has 2 rings (SSSR count). The smallest absolute Gasteiger partial charge is 0.486 e. The Bertz CT molecular complexity index is 856. The molecular weight excluding hydrogens is 377 g/mol. The summed E-state index contributed by atoms with van der Waals surface area (Å²) in [6.07, 6.45) is 0.734. The Balaban J connectivity index is 2.78. The standard InChI is InChI=1S/C16H17F3O6S/c1-4-5-9-6-12-13(11(21)7-15(2,3)24-12)14(10(9)8-20)25-26(22,23)16(17,18)19/h6,8H,4-5,7H2,1-3H3. The highest BCUT2D eigenvalue weighted by molar-refractivity contribution is 7.88. The lowest BCUT2D eigenvalue weighted by Crippen LogP contribution is -2.37. The van der Waals surface area contributed by atoms with E-state index in [0.29, 0.717) is 6.42 Å². The topological polar surface area (TPSA) is 86.7 Å². The van der Waals surface area contributed by atoms with Gasteiger partial charge in [-0.25, -0.2) is 0 Å². The Morgan fingerprint density at radius 3 is 2.46 bits per heavy atom. The molecule has 1 aromatic carbocycles. The molecule has 0 saturated carbocycles. The van der Waals surface area contributed by atoms with Gasteiger partial charge in [0.25, 0.3) is 0 Å². The first kappa shape index (κ1) is 20.2. The zero-order valence-corrected chi connectivity index (χ0v) is 15.1. The van der Waals surface area contributed by atoms with Crippen LogP contribution >= 0.6 is 0 Å². The maximum atomic E-state index is 12.7. The summed E-state index contributed by atoms with van der Waals surface area (Å²) < 4.78 is 71.0. The molecule has 144 valence electrons. The zero-order valence-electron chi connectivity index (χ0n) is 14.3. The predicted octanol–water partition coefficient (Wildman–Crippen LogP) is 3.42. The van der Waals surface area contributed by atoms with Crippen molar-refractivity contribution in [1.29, 1.82) is 0 Å². The summed E-state index contributed by atoms with van der Waals surface area (Å²) in [5.74, 6) is -1.71. The molecule has 0 N–H and O–H groups in total. The molecule has 0 saturated heterocycles. The van der Waals surface area contributed by atoms with Gasteiger partial charge in [-0.1, -0.05) is 13.3 Å². The first-order valence-corrected chi connectivity index (χ1v) is 9.12. The van der Waals surface area contributed by atoms with Gasteiger partial charge >= 0.3 is 15.6 Å². The maximum absolute atomic E-state index is 12.7. The lowest BCUT2D eigenvalue weighted by atomic mass is 9.89. The fraction of sp³-hybridized carbons (Fsp3) is 0.500. The van der Waals surface area contributed by atoms with Gasteiger partial charge in [-0.3, -0.25) is 9.59 Å². The van der Waals surface area contributed by atoms with Crippen molar-refractivity contribution < 1.29 is 40.1 Å². The average molecular weight is 394 g/mol. The molecule has 1 heterocycles. The number of ketones is 1. The van der Waals surface area contributed by atoms with Crippen molar-refractivity contribution >= 4 is 22.2 Å². The summed E-state index contributed by atoms with van der Waals surface area (Å²) >= 11 is 0. The number of Topliss-reactive ketones (excluding diaryl/α,β-unsaturated/α-hetero) is 1. The van der Waals surface area contributed by atoms with Crippen LogP contribution in [0.4, 0.5) is 13.2 Å². The quantitative estimate of drug-likeness (QED) is 0.432. The molecule has 0 spiro atoms. The van der Waals surface area contributed by atoms with Crippen LogP contribution in [0.5, 0.6) is 11.5 Å². The first-order chi connectivity index (χ1) is 11.8. The second-order valence-electron chi connectivity index (χ2n) is 6.46. The third-order valence-corrected chi connectivity index (χ3v) is 4.69. The lowest BCUT2D eigenvalue weighted by Gasteiger charge is -2.33. The molecule has 1 aliphatic rings. The van der Waals surface area contributed by atoms with Crippen molar-refractivity contribution in [2.45, 2.75) is 51.1 Å². The minimum absolute atomic E-state index is 0.104. The molecule has 6 nitrogen and oxygen atoms in total. The monoisotopic (exact) mass is 394 g/mol. The van der Waals surface area contributed by atoms with E-state index < -0.39 is 43.9 Å². The molecule has 0 aliphatic carbocycles. The minimum Gasteiger partial charge on any atom is -0.486 e. The largest absolute Gasteiger partial charge is 0.534 e. The van der Waals surface area contributed by atoms with E-state index in [2.05, 4.69) is 4.18 Å². The molecule has 26 heavy (non-hydrogen) atoms. The van der Waals surface area contributed by atoms with Crippen molar-refractivity contribution in [3.8, 4) is 11.5 Å². The Morgan fingerprint density at radius 1 is 1.35 bits per heavy atom. The number of alkyl halides is 3. The van der Waals surface area contributed by atoms with Gasteiger partial charge in [0.15, 0.2) is 17.8 Å².